The normalized spacial score (nSPS) is 26.0. The van der Waals surface area contributed by atoms with E-state index in [4.69, 9.17) is 0 Å². The molecule has 6 nitrogen and oxygen atoms in total. The van der Waals surface area contributed by atoms with E-state index in [1.54, 1.807) is 78.9 Å². The molecule has 0 radical (unpaired) electrons. The van der Waals surface area contributed by atoms with E-state index in [0.29, 0.717) is 11.3 Å². The van der Waals surface area contributed by atoms with Crippen molar-refractivity contribution in [2.75, 3.05) is 11.4 Å². The number of halogens is 4. The van der Waals surface area contributed by atoms with Crippen LogP contribution in [0.15, 0.2) is 109 Å². The summed E-state index contributed by atoms with van der Waals surface area (Å²) >= 11 is 0. The third kappa shape index (κ3) is 4.23. The summed E-state index contributed by atoms with van der Waals surface area (Å²) < 4.78 is 60.3. The fraction of sp³-hybridized carbons (Fsp3) is 0.229. The monoisotopic (exact) mass is 613 g/mol. The minimum absolute atomic E-state index is 0.0212. The lowest BCUT2D eigenvalue weighted by atomic mass is 9.59. The second kappa shape index (κ2) is 10.4. The van der Waals surface area contributed by atoms with E-state index in [2.05, 4.69) is 5.32 Å². The first-order valence-corrected chi connectivity index (χ1v) is 14.5. The Morgan fingerprint density at radius 3 is 2.04 bits per heavy atom. The number of nitrogens with zero attached hydrogens (tertiary/aromatic N) is 2. The molecule has 3 aliphatic heterocycles. The van der Waals surface area contributed by atoms with Crippen LogP contribution in [0.1, 0.15) is 28.2 Å². The number of amides is 2. The van der Waals surface area contributed by atoms with Crippen LogP contribution in [0.2, 0.25) is 0 Å². The predicted octanol–water partition coefficient (Wildman–Crippen LogP) is 5.48. The van der Waals surface area contributed by atoms with Crippen LogP contribution < -0.4 is 10.2 Å². The van der Waals surface area contributed by atoms with Crippen molar-refractivity contribution in [1.29, 1.82) is 0 Å². The highest BCUT2D eigenvalue weighted by atomic mass is 19.4. The summed E-state index contributed by atoms with van der Waals surface area (Å²) in [7, 11) is 0. The van der Waals surface area contributed by atoms with Gasteiger partial charge in [-0.3, -0.25) is 19.7 Å². The number of hydrogen-bond acceptors (Lipinski definition) is 4. The van der Waals surface area contributed by atoms with Crippen LogP contribution in [0, 0.1) is 11.2 Å². The van der Waals surface area contributed by atoms with Crippen LogP contribution in [0.5, 0.6) is 0 Å². The van der Waals surface area contributed by atoms with Gasteiger partial charge in [0.2, 0.25) is 5.78 Å². The number of carbonyl (C=O) groups is 3. The number of nitrogens with one attached hydrogen (secondary N) is 1. The third-order valence-corrected chi connectivity index (χ3v) is 9.36. The Hall–Kier alpha value is -4.83. The average molecular weight is 614 g/mol. The second-order valence-corrected chi connectivity index (χ2v) is 11.8. The lowest BCUT2D eigenvalue weighted by molar-refractivity contribution is -0.159. The molecule has 0 aliphatic carbocycles. The number of alkyl halides is 3. The number of rotatable bonds is 5. The molecule has 0 unspecified atom stereocenters. The SMILES string of the molecule is O=C1C(=O)[C@@]2(CN1Cc1ccccc1)[C@H](c1cccc(F)c1)[C@@H](C(F)(F)F)N[C@]21C(=O)N(Cc2ccccc2)c2ccccc21. The molecule has 1 N–H and O–H groups in total. The zero-order valence-corrected chi connectivity index (χ0v) is 23.8. The fourth-order valence-corrected chi connectivity index (χ4v) is 7.60. The van der Waals surface area contributed by atoms with Crippen molar-refractivity contribution in [3.05, 3.63) is 137 Å². The highest BCUT2D eigenvalue weighted by molar-refractivity contribution is 6.42. The molecular formula is C35H27F4N3O3. The number of Topliss-reactive ketones (excluding diaryl/α,β-unsaturated/α-hetero) is 1. The van der Waals surface area contributed by atoms with E-state index in [1.807, 2.05) is 0 Å². The fourth-order valence-electron chi connectivity index (χ4n) is 7.60. The minimum Gasteiger partial charge on any atom is -0.331 e. The number of carbonyl (C=O) groups excluding carboxylic acids is 3. The standard InChI is InChI=1S/C35H27F4N3O3/c36-25-15-9-14-24(18-25)28-29(35(37,38)39)40-34(33(28)21-41(31(44)30(33)43)19-22-10-3-1-4-11-22)26-16-7-8-17-27(26)42(32(34)45)20-23-12-5-2-6-13-23/h1-18,28-29,40H,19-21H2/t28-,29+,33-,34-/m1/s1. The molecule has 0 bridgehead atoms. The van der Waals surface area contributed by atoms with E-state index in [-0.39, 0.29) is 24.2 Å². The van der Waals surface area contributed by atoms with Gasteiger partial charge < -0.3 is 9.80 Å². The Morgan fingerprint density at radius 1 is 0.778 bits per heavy atom. The van der Waals surface area contributed by atoms with Crippen molar-refractivity contribution in [1.82, 2.24) is 10.2 Å². The highest BCUT2D eigenvalue weighted by Gasteiger charge is 2.81. The van der Waals surface area contributed by atoms with Gasteiger partial charge >= 0.3 is 6.18 Å². The molecule has 2 fully saturated rings. The lowest BCUT2D eigenvalue weighted by Gasteiger charge is -2.40. The Kier molecular flexibility index (Phi) is 6.67. The van der Waals surface area contributed by atoms with Gasteiger partial charge in [0.05, 0.1) is 12.0 Å². The van der Waals surface area contributed by atoms with Crippen LogP contribution in [0.4, 0.5) is 23.2 Å². The first kappa shape index (κ1) is 28.9. The number of anilines is 1. The Labute approximate surface area is 256 Å². The largest absolute Gasteiger partial charge is 0.404 e. The minimum atomic E-state index is -4.98. The third-order valence-electron chi connectivity index (χ3n) is 9.36. The number of fused-ring (bicyclic) bond motifs is 3. The summed E-state index contributed by atoms with van der Waals surface area (Å²) in [6.07, 6.45) is -4.98. The maximum absolute atomic E-state index is 15.2. The van der Waals surface area contributed by atoms with Crippen LogP contribution in [-0.4, -0.2) is 41.3 Å². The molecule has 2 saturated heterocycles. The number of benzene rings is 4. The second-order valence-electron chi connectivity index (χ2n) is 11.8. The van der Waals surface area contributed by atoms with Gasteiger partial charge in [0.15, 0.2) is 0 Å². The van der Waals surface area contributed by atoms with E-state index >= 15 is 13.2 Å². The molecular weight excluding hydrogens is 586 g/mol. The quantitative estimate of drug-likeness (QED) is 0.239. The van der Waals surface area contributed by atoms with Crippen LogP contribution in [-0.2, 0) is 33.0 Å². The summed E-state index contributed by atoms with van der Waals surface area (Å²) in [5, 5.41) is 2.63. The maximum atomic E-state index is 15.2. The van der Waals surface area contributed by atoms with Gasteiger partial charge in [0.25, 0.3) is 11.8 Å². The summed E-state index contributed by atoms with van der Waals surface area (Å²) in [6, 6.07) is 26.3. The lowest BCUT2D eigenvalue weighted by Crippen LogP contribution is -2.60. The van der Waals surface area contributed by atoms with Gasteiger partial charge in [-0.1, -0.05) is 91.0 Å². The van der Waals surface area contributed by atoms with Gasteiger partial charge in [-0.15, -0.1) is 0 Å². The Balaban J connectivity index is 1.48. The van der Waals surface area contributed by atoms with Crippen molar-refractivity contribution in [3.8, 4) is 0 Å². The van der Waals surface area contributed by atoms with Gasteiger partial charge in [0, 0.05) is 30.3 Å². The van der Waals surface area contributed by atoms with Gasteiger partial charge in [-0.2, -0.15) is 13.2 Å². The molecule has 7 rings (SSSR count). The summed E-state index contributed by atoms with van der Waals surface area (Å²) in [4.78, 5) is 46.0. The van der Waals surface area contributed by atoms with Crippen molar-refractivity contribution in [2.24, 2.45) is 5.41 Å². The zero-order valence-electron chi connectivity index (χ0n) is 23.8. The van der Waals surface area contributed by atoms with Crippen molar-refractivity contribution in [2.45, 2.75) is 36.8 Å². The molecule has 3 heterocycles. The average Bonchev–Trinajstić information content (AvgIpc) is 3.57. The van der Waals surface area contributed by atoms with E-state index in [9.17, 15) is 18.8 Å². The van der Waals surface area contributed by atoms with E-state index < -0.39 is 59.0 Å². The van der Waals surface area contributed by atoms with Crippen molar-refractivity contribution < 1.29 is 31.9 Å². The molecule has 2 amide bonds. The van der Waals surface area contributed by atoms with Crippen molar-refractivity contribution in [3.63, 3.8) is 0 Å². The van der Waals surface area contributed by atoms with E-state index in [0.717, 1.165) is 17.7 Å². The molecule has 10 heteroatoms. The zero-order chi connectivity index (χ0) is 31.6. The summed E-state index contributed by atoms with van der Waals surface area (Å²) in [5.41, 5.74) is -2.80. The molecule has 2 spiro atoms. The molecule has 4 aromatic carbocycles. The summed E-state index contributed by atoms with van der Waals surface area (Å²) in [6.45, 7) is -0.522. The van der Waals surface area contributed by atoms with Crippen molar-refractivity contribution >= 4 is 23.3 Å². The maximum Gasteiger partial charge on any atom is 0.404 e. The Bertz CT molecular complexity index is 1820. The van der Waals surface area contributed by atoms with Crippen LogP contribution >= 0.6 is 0 Å². The van der Waals surface area contributed by atoms with Crippen LogP contribution in [0.25, 0.3) is 0 Å². The predicted molar refractivity (Wildman–Crippen MR) is 157 cm³/mol. The molecule has 0 aromatic heterocycles. The first-order valence-electron chi connectivity index (χ1n) is 14.5. The van der Waals surface area contributed by atoms with Gasteiger partial charge in [-0.05, 0) is 34.9 Å². The molecule has 4 aromatic rings. The molecule has 3 aliphatic rings. The molecule has 45 heavy (non-hydrogen) atoms. The smallest absolute Gasteiger partial charge is 0.331 e. The number of ketones is 1. The number of para-hydroxylation sites is 1. The Morgan fingerprint density at radius 2 is 1.40 bits per heavy atom. The molecule has 0 saturated carbocycles. The highest BCUT2D eigenvalue weighted by Crippen LogP contribution is 2.65. The first-order chi connectivity index (χ1) is 21.6. The van der Waals surface area contributed by atoms with Gasteiger partial charge in [0.1, 0.15) is 17.4 Å². The topological polar surface area (TPSA) is 69.7 Å². The summed E-state index contributed by atoms with van der Waals surface area (Å²) in [5.74, 6) is -5.48. The molecule has 4 atom stereocenters. The van der Waals surface area contributed by atoms with E-state index in [1.165, 1.54) is 28.0 Å². The van der Waals surface area contributed by atoms with Crippen LogP contribution in [0.3, 0.4) is 0 Å². The molecule has 228 valence electrons. The van der Waals surface area contributed by atoms with Gasteiger partial charge in [-0.25, -0.2) is 4.39 Å². The number of likely N-dealkylation sites (tertiary alicyclic amines) is 1. The number of hydrogen-bond donors (Lipinski definition) is 1.